The van der Waals surface area contributed by atoms with Gasteiger partial charge in [-0.15, -0.1) is 0 Å². The topological polar surface area (TPSA) is 36.3 Å². The fourth-order valence-corrected chi connectivity index (χ4v) is 2.13. The average Bonchev–Trinajstić information content (AvgIpc) is 2.92. The molecule has 0 saturated heterocycles. The highest BCUT2D eigenvalue weighted by Crippen LogP contribution is 2.31. The summed E-state index contributed by atoms with van der Waals surface area (Å²) in [7, 11) is 0. The smallest absolute Gasteiger partial charge is 0.161 e. The Balaban J connectivity index is 1.59. The number of nitrogens with zero attached hydrogens (tertiary/aromatic N) is 2. The molecule has 2 aromatic rings. The van der Waals surface area contributed by atoms with Crippen LogP contribution in [0.2, 0.25) is 0 Å². The van der Waals surface area contributed by atoms with Crippen LogP contribution in [0.1, 0.15) is 12.0 Å². The SMILES string of the molecule is c1cn(CCCc2ccc3c(c2)OCCO3)cn1. The monoisotopic (exact) mass is 244 g/mol. The van der Waals surface area contributed by atoms with E-state index in [1.165, 1.54) is 5.56 Å². The van der Waals surface area contributed by atoms with Crippen molar-refractivity contribution in [1.82, 2.24) is 9.55 Å². The summed E-state index contributed by atoms with van der Waals surface area (Å²) in [6.07, 6.45) is 7.78. The van der Waals surface area contributed by atoms with Gasteiger partial charge in [0.25, 0.3) is 0 Å². The van der Waals surface area contributed by atoms with E-state index in [1.54, 1.807) is 0 Å². The molecular weight excluding hydrogens is 228 g/mol. The molecule has 0 aliphatic carbocycles. The quantitative estimate of drug-likeness (QED) is 0.828. The van der Waals surface area contributed by atoms with Crippen molar-refractivity contribution in [1.29, 1.82) is 0 Å². The third-order valence-corrected chi connectivity index (χ3v) is 3.05. The highest BCUT2D eigenvalue weighted by atomic mass is 16.6. The lowest BCUT2D eigenvalue weighted by Crippen LogP contribution is -2.15. The molecule has 1 aliphatic heterocycles. The first-order valence-corrected chi connectivity index (χ1v) is 6.26. The van der Waals surface area contributed by atoms with Crippen LogP contribution in [0.4, 0.5) is 0 Å². The molecule has 0 fully saturated rings. The van der Waals surface area contributed by atoms with Crippen molar-refractivity contribution in [2.75, 3.05) is 13.2 Å². The van der Waals surface area contributed by atoms with Gasteiger partial charge in [-0.25, -0.2) is 4.98 Å². The predicted octanol–water partition coefficient (Wildman–Crippen LogP) is 2.29. The molecule has 2 heterocycles. The summed E-state index contributed by atoms with van der Waals surface area (Å²) >= 11 is 0. The largest absolute Gasteiger partial charge is 0.486 e. The molecule has 0 saturated carbocycles. The molecule has 0 spiro atoms. The average molecular weight is 244 g/mol. The van der Waals surface area contributed by atoms with Gasteiger partial charge in [0, 0.05) is 18.9 Å². The molecule has 3 rings (SSSR count). The van der Waals surface area contributed by atoms with Crippen molar-refractivity contribution < 1.29 is 9.47 Å². The fraction of sp³-hybridized carbons (Fsp3) is 0.357. The Morgan fingerprint density at radius 1 is 1.17 bits per heavy atom. The maximum atomic E-state index is 5.58. The van der Waals surface area contributed by atoms with Gasteiger partial charge < -0.3 is 14.0 Å². The van der Waals surface area contributed by atoms with E-state index in [0.717, 1.165) is 30.9 Å². The number of rotatable bonds is 4. The minimum atomic E-state index is 0.644. The van der Waals surface area contributed by atoms with E-state index in [-0.39, 0.29) is 0 Å². The lowest BCUT2D eigenvalue weighted by molar-refractivity contribution is 0.171. The Morgan fingerprint density at radius 2 is 2.06 bits per heavy atom. The van der Waals surface area contributed by atoms with Crippen LogP contribution < -0.4 is 9.47 Å². The summed E-state index contributed by atoms with van der Waals surface area (Å²) in [6, 6.07) is 6.20. The number of aryl methyl sites for hydroxylation is 2. The number of aromatic nitrogens is 2. The summed E-state index contributed by atoms with van der Waals surface area (Å²) < 4.78 is 13.2. The summed E-state index contributed by atoms with van der Waals surface area (Å²) in [6.45, 7) is 2.28. The maximum absolute atomic E-state index is 5.58. The highest BCUT2D eigenvalue weighted by molar-refractivity contribution is 5.43. The van der Waals surface area contributed by atoms with Gasteiger partial charge in [0.2, 0.25) is 0 Å². The first kappa shape index (κ1) is 11.1. The van der Waals surface area contributed by atoms with Crippen molar-refractivity contribution >= 4 is 0 Å². The highest BCUT2D eigenvalue weighted by Gasteiger charge is 2.11. The molecule has 1 aromatic heterocycles. The Bertz CT molecular complexity index is 509. The summed E-state index contributed by atoms with van der Waals surface area (Å²) in [5, 5.41) is 0. The predicted molar refractivity (Wildman–Crippen MR) is 68.0 cm³/mol. The molecule has 18 heavy (non-hydrogen) atoms. The molecule has 1 aliphatic rings. The van der Waals surface area contributed by atoms with Gasteiger partial charge >= 0.3 is 0 Å². The van der Waals surface area contributed by atoms with E-state index in [4.69, 9.17) is 9.47 Å². The number of benzene rings is 1. The fourth-order valence-electron chi connectivity index (χ4n) is 2.13. The van der Waals surface area contributed by atoms with Gasteiger partial charge in [-0.2, -0.15) is 0 Å². The third kappa shape index (κ3) is 2.47. The van der Waals surface area contributed by atoms with Crippen LogP contribution in [0.25, 0.3) is 0 Å². The van der Waals surface area contributed by atoms with Crippen LogP contribution >= 0.6 is 0 Å². The molecule has 0 amide bonds. The Kier molecular flexibility index (Phi) is 3.17. The first-order valence-electron chi connectivity index (χ1n) is 6.26. The van der Waals surface area contributed by atoms with Crippen molar-refractivity contribution in [3.8, 4) is 11.5 Å². The van der Waals surface area contributed by atoms with Crippen LogP contribution in [-0.2, 0) is 13.0 Å². The lowest BCUT2D eigenvalue weighted by Gasteiger charge is -2.18. The molecule has 94 valence electrons. The molecule has 0 unspecified atom stereocenters. The van der Waals surface area contributed by atoms with E-state index < -0.39 is 0 Å². The van der Waals surface area contributed by atoms with Crippen LogP contribution in [-0.4, -0.2) is 22.8 Å². The standard InChI is InChI=1S/C14H16N2O2/c1(6-16-7-5-15-11-16)2-12-3-4-13-14(10-12)18-9-8-17-13/h3-5,7,10-11H,1-2,6,8-9H2. The van der Waals surface area contributed by atoms with Gasteiger partial charge in [0.15, 0.2) is 11.5 Å². The van der Waals surface area contributed by atoms with Crippen LogP contribution in [0.15, 0.2) is 36.9 Å². The summed E-state index contributed by atoms with van der Waals surface area (Å²) in [5.41, 5.74) is 1.29. The zero-order chi connectivity index (χ0) is 12.2. The second-order valence-corrected chi connectivity index (χ2v) is 4.38. The van der Waals surface area contributed by atoms with Crippen LogP contribution in [0, 0.1) is 0 Å². The number of fused-ring (bicyclic) bond motifs is 1. The molecule has 4 nitrogen and oxygen atoms in total. The van der Waals surface area contributed by atoms with E-state index >= 15 is 0 Å². The Morgan fingerprint density at radius 3 is 2.89 bits per heavy atom. The van der Waals surface area contributed by atoms with Crippen molar-refractivity contribution in [3.05, 3.63) is 42.5 Å². The number of ether oxygens (including phenoxy) is 2. The zero-order valence-electron chi connectivity index (χ0n) is 10.2. The lowest BCUT2D eigenvalue weighted by atomic mass is 10.1. The van der Waals surface area contributed by atoms with Gasteiger partial charge in [-0.05, 0) is 30.5 Å². The number of imidazole rings is 1. The zero-order valence-corrected chi connectivity index (χ0v) is 10.2. The Labute approximate surface area is 106 Å². The first-order chi connectivity index (χ1) is 8.92. The normalized spacial score (nSPS) is 13.6. The second-order valence-electron chi connectivity index (χ2n) is 4.38. The summed E-state index contributed by atoms with van der Waals surface area (Å²) in [5.74, 6) is 1.74. The van der Waals surface area contributed by atoms with Crippen molar-refractivity contribution in [2.24, 2.45) is 0 Å². The van der Waals surface area contributed by atoms with Gasteiger partial charge in [0.1, 0.15) is 13.2 Å². The van der Waals surface area contributed by atoms with E-state index in [1.807, 2.05) is 24.8 Å². The van der Waals surface area contributed by atoms with Gasteiger partial charge in [0.05, 0.1) is 6.33 Å². The second kappa shape index (κ2) is 5.12. The van der Waals surface area contributed by atoms with E-state index in [2.05, 4.69) is 21.7 Å². The molecule has 1 aromatic carbocycles. The molecular formula is C14H16N2O2. The molecule has 0 bridgehead atoms. The van der Waals surface area contributed by atoms with Crippen LogP contribution in [0.5, 0.6) is 11.5 Å². The Hall–Kier alpha value is -1.97. The molecule has 4 heteroatoms. The van der Waals surface area contributed by atoms with E-state index in [0.29, 0.717) is 13.2 Å². The molecule has 0 radical (unpaired) electrons. The van der Waals surface area contributed by atoms with Crippen molar-refractivity contribution in [3.63, 3.8) is 0 Å². The maximum Gasteiger partial charge on any atom is 0.161 e. The number of hydrogen-bond donors (Lipinski definition) is 0. The third-order valence-electron chi connectivity index (χ3n) is 3.05. The molecule has 0 N–H and O–H groups in total. The number of hydrogen-bond acceptors (Lipinski definition) is 3. The van der Waals surface area contributed by atoms with Gasteiger partial charge in [-0.3, -0.25) is 0 Å². The summed E-state index contributed by atoms with van der Waals surface area (Å²) in [4.78, 5) is 4.03. The van der Waals surface area contributed by atoms with Crippen molar-refractivity contribution in [2.45, 2.75) is 19.4 Å². The molecule has 0 atom stereocenters. The van der Waals surface area contributed by atoms with Gasteiger partial charge in [-0.1, -0.05) is 6.07 Å². The van der Waals surface area contributed by atoms with E-state index in [9.17, 15) is 0 Å². The minimum absolute atomic E-state index is 0.644. The van der Waals surface area contributed by atoms with Crippen LogP contribution in [0.3, 0.4) is 0 Å². The minimum Gasteiger partial charge on any atom is -0.486 e.